The van der Waals surface area contributed by atoms with E-state index in [1.54, 1.807) is 11.0 Å². The van der Waals surface area contributed by atoms with Crippen LogP contribution in [-0.4, -0.2) is 34.8 Å². The van der Waals surface area contributed by atoms with Gasteiger partial charge in [-0.25, -0.2) is 0 Å². The van der Waals surface area contributed by atoms with Crippen molar-refractivity contribution in [2.45, 2.75) is 65.1 Å². The van der Waals surface area contributed by atoms with Crippen LogP contribution in [0, 0.1) is 5.92 Å². The number of carbonyl (C=O) groups is 3. The minimum atomic E-state index is -0.583. The van der Waals surface area contributed by atoms with Gasteiger partial charge < -0.3 is 9.64 Å². The van der Waals surface area contributed by atoms with E-state index >= 15 is 0 Å². The molecule has 1 fully saturated rings. The highest BCUT2D eigenvalue weighted by Gasteiger charge is 2.39. The highest BCUT2D eigenvalue weighted by Crippen LogP contribution is 2.31. The summed E-state index contributed by atoms with van der Waals surface area (Å²) in [5.41, 5.74) is 1.48. The second kappa shape index (κ2) is 7.48. The van der Waals surface area contributed by atoms with Gasteiger partial charge in [-0.15, -0.1) is 0 Å². The van der Waals surface area contributed by atoms with Gasteiger partial charge in [0.05, 0.1) is 0 Å². The first-order chi connectivity index (χ1) is 12.4. The van der Waals surface area contributed by atoms with E-state index in [4.69, 9.17) is 4.74 Å². The predicted molar refractivity (Wildman–Crippen MR) is 96.6 cm³/mol. The van der Waals surface area contributed by atoms with Crippen molar-refractivity contribution in [1.29, 1.82) is 0 Å². The molecule has 6 nitrogen and oxygen atoms in total. The molecule has 1 aromatic carbocycles. The van der Waals surface area contributed by atoms with E-state index in [0.717, 1.165) is 24.2 Å². The molecule has 2 heterocycles. The van der Waals surface area contributed by atoms with Crippen molar-refractivity contribution in [2.75, 3.05) is 0 Å². The normalized spacial score (nSPS) is 22.0. The Balaban J connectivity index is 1.76. The summed E-state index contributed by atoms with van der Waals surface area (Å²) in [6, 6.07) is 4.93. The van der Waals surface area contributed by atoms with Gasteiger partial charge >= 0.3 is 0 Å². The molecule has 0 aliphatic carbocycles. The van der Waals surface area contributed by atoms with Gasteiger partial charge in [-0.2, -0.15) is 0 Å². The van der Waals surface area contributed by atoms with E-state index in [1.807, 2.05) is 12.1 Å². The van der Waals surface area contributed by atoms with Gasteiger partial charge in [0.25, 0.3) is 5.91 Å². The molecule has 2 aliphatic heterocycles. The van der Waals surface area contributed by atoms with Crippen molar-refractivity contribution < 1.29 is 19.1 Å². The summed E-state index contributed by atoms with van der Waals surface area (Å²) in [4.78, 5) is 37.7. The largest absolute Gasteiger partial charge is 0.490 e. The molecule has 0 spiro atoms. The Morgan fingerprint density at radius 1 is 1.23 bits per heavy atom. The highest BCUT2D eigenvalue weighted by atomic mass is 16.5. The Kier molecular flexibility index (Phi) is 5.30. The number of fused-ring (bicyclic) bond motifs is 1. The minimum Gasteiger partial charge on any atom is -0.490 e. The molecule has 26 heavy (non-hydrogen) atoms. The fourth-order valence-electron chi connectivity index (χ4n) is 3.66. The Morgan fingerprint density at radius 2 is 2.00 bits per heavy atom. The molecule has 140 valence electrons. The summed E-state index contributed by atoms with van der Waals surface area (Å²) in [6.07, 6.45) is 2.75. The predicted octanol–water partition coefficient (Wildman–Crippen LogP) is 2.65. The maximum absolute atomic E-state index is 12.7. The van der Waals surface area contributed by atoms with E-state index in [-0.39, 0.29) is 30.2 Å². The van der Waals surface area contributed by atoms with Crippen molar-refractivity contribution in [3.05, 3.63) is 29.3 Å². The molecule has 3 rings (SSSR count). The number of imide groups is 1. The molecule has 2 aliphatic rings. The maximum atomic E-state index is 12.7. The van der Waals surface area contributed by atoms with Crippen LogP contribution in [0.15, 0.2) is 18.2 Å². The highest BCUT2D eigenvalue weighted by molar-refractivity contribution is 6.05. The summed E-state index contributed by atoms with van der Waals surface area (Å²) in [7, 11) is 0. The lowest BCUT2D eigenvalue weighted by molar-refractivity contribution is -0.136. The second-order valence-electron chi connectivity index (χ2n) is 7.17. The maximum Gasteiger partial charge on any atom is 0.255 e. The summed E-state index contributed by atoms with van der Waals surface area (Å²) in [5, 5.41) is 2.32. The van der Waals surface area contributed by atoms with Crippen LogP contribution in [-0.2, 0) is 16.1 Å². The molecule has 1 saturated heterocycles. The zero-order valence-corrected chi connectivity index (χ0v) is 15.6. The number of amides is 3. The Hall–Kier alpha value is -2.37. The van der Waals surface area contributed by atoms with Crippen LogP contribution in [0.3, 0.4) is 0 Å². The molecule has 3 atom stereocenters. The van der Waals surface area contributed by atoms with Gasteiger partial charge in [0, 0.05) is 18.5 Å². The van der Waals surface area contributed by atoms with Crippen molar-refractivity contribution >= 4 is 17.7 Å². The Labute approximate surface area is 153 Å². The number of hydrogen-bond acceptors (Lipinski definition) is 4. The van der Waals surface area contributed by atoms with Crippen LogP contribution in [0.2, 0.25) is 0 Å². The minimum absolute atomic E-state index is 0.140. The van der Waals surface area contributed by atoms with Crippen LogP contribution in [0.5, 0.6) is 5.75 Å². The van der Waals surface area contributed by atoms with Crippen molar-refractivity contribution in [2.24, 2.45) is 5.92 Å². The first-order valence-corrected chi connectivity index (χ1v) is 9.38. The third kappa shape index (κ3) is 3.45. The van der Waals surface area contributed by atoms with Crippen LogP contribution in [0.1, 0.15) is 62.4 Å². The van der Waals surface area contributed by atoms with E-state index in [0.29, 0.717) is 24.4 Å². The van der Waals surface area contributed by atoms with Crippen LogP contribution < -0.4 is 10.1 Å². The van der Waals surface area contributed by atoms with E-state index < -0.39 is 6.04 Å². The number of rotatable bonds is 6. The molecule has 0 bridgehead atoms. The molecule has 0 saturated carbocycles. The molecule has 0 radical (unpaired) electrons. The van der Waals surface area contributed by atoms with E-state index in [2.05, 4.69) is 26.1 Å². The van der Waals surface area contributed by atoms with E-state index in [9.17, 15) is 14.4 Å². The number of hydrogen-bond donors (Lipinski definition) is 1. The number of nitrogens with one attached hydrogen (secondary N) is 1. The fraction of sp³-hybridized carbons (Fsp3) is 0.550. The van der Waals surface area contributed by atoms with Gasteiger partial charge in [-0.1, -0.05) is 27.2 Å². The topological polar surface area (TPSA) is 75.7 Å². The van der Waals surface area contributed by atoms with Crippen molar-refractivity contribution in [3.63, 3.8) is 0 Å². The quantitative estimate of drug-likeness (QED) is 0.793. The van der Waals surface area contributed by atoms with Crippen molar-refractivity contribution in [1.82, 2.24) is 10.2 Å². The van der Waals surface area contributed by atoms with Crippen LogP contribution in [0.25, 0.3) is 0 Å². The van der Waals surface area contributed by atoms with Crippen LogP contribution >= 0.6 is 0 Å². The number of carbonyl (C=O) groups excluding carboxylic acids is 3. The fourth-order valence-corrected chi connectivity index (χ4v) is 3.66. The third-order valence-electron chi connectivity index (χ3n) is 5.46. The molecule has 2 unspecified atom stereocenters. The van der Waals surface area contributed by atoms with E-state index in [1.165, 1.54) is 0 Å². The summed E-state index contributed by atoms with van der Waals surface area (Å²) in [5.74, 6) is 0.391. The van der Waals surface area contributed by atoms with Crippen molar-refractivity contribution in [3.8, 4) is 5.75 Å². The number of benzene rings is 1. The second-order valence-corrected chi connectivity index (χ2v) is 7.17. The number of nitrogens with zero attached hydrogens (tertiary/aromatic N) is 1. The first kappa shape index (κ1) is 18.4. The number of piperidine rings is 1. The van der Waals surface area contributed by atoms with Gasteiger partial charge in [0.2, 0.25) is 11.8 Å². The summed E-state index contributed by atoms with van der Waals surface area (Å²) in [6.45, 7) is 6.81. The zero-order chi connectivity index (χ0) is 18.8. The van der Waals surface area contributed by atoms with Gasteiger partial charge in [-0.3, -0.25) is 19.7 Å². The molecular weight excluding hydrogens is 332 g/mol. The summed E-state index contributed by atoms with van der Waals surface area (Å²) < 4.78 is 6.14. The molecule has 3 amide bonds. The lowest BCUT2D eigenvalue weighted by Crippen LogP contribution is -2.52. The molecular formula is C20H26N2O4. The molecule has 0 aromatic heterocycles. The smallest absolute Gasteiger partial charge is 0.255 e. The average molecular weight is 358 g/mol. The monoisotopic (exact) mass is 358 g/mol. The Bertz CT molecular complexity index is 731. The standard InChI is InChI=1S/C20H26N2O4/c1-4-12(3)17(5-2)26-14-6-7-15-13(10-14)11-22(20(15)25)16-8-9-18(23)21-19(16)24/h6-7,10,12,16-17H,4-5,8-9,11H2,1-3H3,(H,21,23,24)/t12?,16?,17-/m0/s1. The van der Waals surface area contributed by atoms with Crippen LogP contribution in [0.4, 0.5) is 0 Å². The average Bonchev–Trinajstić information content (AvgIpc) is 2.95. The molecule has 1 N–H and O–H groups in total. The Morgan fingerprint density at radius 3 is 2.65 bits per heavy atom. The zero-order valence-electron chi connectivity index (χ0n) is 15.6. The van der Waals surface area contributed by atoms with Gasteiger partial charge in [-0.05, 0) is 42.5 Å². The summed E-state index contributed by atoms with van der Waals surface area (Å²) >= 11 is 0. The van der Waals surface area contributed by atoms with Gasteiger partial charge in [0.15, 0.2) is 0 Å². The lowest BCUT2D eigenvalue weighted by atomic mass is 9.99. The lowest BCUT2D eigenvalue weighted by Gasteiger charge is -2.29. The number of ether oxygens (including phenoxy) is 1. The van der Waals surface area contributed by atoms with Gasteiger partial charge in [0.1, 0.15) is 17.9 Å². The third-order valence-corrected chi connectivity index (χ3v) is 5.46. The molecule has 6 heteroatoms. The first-order valence-electron chi connectivity index (χ1n) is 9.38. The molecule has 1 aromatic rings. The SMILES string of the molecule is CCC(C)[C@H](CC)Oc1ccc2c(c1)CN(C1CCC(=O)NC1=O)C2=O.